The number of hydrogen-bond acceptors (Lipinski definition) is 4. The van der Waals surface area contributed by atoms with Gasteiger partial charge in [-0.15, -0.1) is 0 Å². The summed E-state index contributed by atoms with van der Waals surface area (Å²) in [5, 5.41) is 0. The summed E-state index contributed by atoms with van der Waals surface area (Å²) in [6.45, 7) is 7.84. The van der Waals surface area contributed by atoms with Gasteiger partial charge < -0.3 is 4.74 Å². The van der Waals surface area contributed by atoms with Crippen LogP contribution in [-0.2, 0) is 0 Å². The van der Waals surface area contributed by atoms with Crippen molar-refractivity contribution in [1.82, 2.24) is 9.97 Å². The van der Waals surface area contributed by atoms with E-state index in [-0.39, 0.29) is 0 Å². The Morgan fingerprint density at radius 2 is 1.52 bits per heavy atom. The molecule has 4 heteroatoms. The number of ether oxygens (including phenoxy) is 1. The number of rotatable bonds is 2. The number of hydrogen-bond donors (Lipinski definition) is 0. The predicted octanol–water partition coefficient (Wildman–Crippen LogP) is 4.08. The molecule has 0 N–H and O–H groups in total. The van der Waals surface area contributed by atoms with Crippen LogP contribution < -0.4 is 4.74 Å². The van der Waals surface area contributed by atoms with E-state index in [1.807, 2.05) is 39.8 Å². The van der Waals surface area contributed by atoms with Crippen molar-refractivity contribution in [3.8, 4) is 5.75 Å². The maximum absolute atomic E-state index is 12.3. The highest BCUT2D eigenvalue weighted by atomic mass is 16.5. The second-order valence-electron chi connectivity index (χ2n) is 5.73. The van der Waals surface area contributed by atoms with Crippen LogP contribution in [0.25, 0.3) is 11.0 Å². The molecule has 0 amide bonds. The summed E-state index contributed by atoms with van der Waals surface area (Å²) in [5.74, 6) is 0.152. The van der Waals surface area contributed by atoms with E-state index in [1.54, 1.807) is 24.3 Å². The Kier molecular flexibility index (Phi) is 3.82. The first-order valence-electron chi connectivity index (χ1n) is 7.48. The van der Waals surface area contributed by atoms with Crippen LogP contribution in [0, 0.1) is 27.7 Å². The van der Waals surface area contributed by atoms with Gasteiger partial charge in [-0.3, -0.25) is 0 Å². The summed E-state index contributed by atoms with van der Waals surface area (Å²) in [6.07, 6.45) is 0. The number of esters is 1. The largest absolute Gasteiger partial charge is 0.423 e. The molecule has 116 valence electrons. The molecule has 3 rings (SSSR count). The lowest BCUT2D eigenvalue weighted by atomic mass is 10.1. The molecule has 0 unspecified atom stereocenters. The third-order valence-electron chi connectivity index (χ3n) is 4.00. The Morgan fingerprint density at radius 1 is 0.826 bits per heavy atom. The van der Waals surface area contributed by atoms with Gasteiger partial charge in [0.1, 0.15) is 5.75 Å². The Morgan fingerprint density at radius 3 is 2.22 bits per heavy atom. The van der Waals surface area contributed by atoms with Crippen LogP contribution in [0.15, 0.2) is 36.4 Å². The number of fused-ring (bicyclic) bond motifs is 1. The van der Waals surface area contributed by atoms with Crippen molar-refractivity contribution in [3.63, 3.8) is 0 Å². The quantitative estimate of drug-likeness (QED) is 0.529. The maximum atomic E-state index is 12.3. The minimum atomic E-state index is -0.393. The van der Waals surface area contributed by atoms with Gasteiger partial charge in [0.25, 0.3) is 0 Å². The Balaban J connectivity index is 1.91. The highest BCUT2D eigenvalue weighted by molar-refractivity contribution is 5.94. The molecule has 0 bridgehead atoms. The second-order valence-corrected chi connectivity index (χ2v) is 5.73. The van der Waals surface area contributed by atoms with Crippen molar-refractivity contribution >= 4 is 17.0 Å². The standard InChI is InChI=1S/C19H18N2O2/c1-11-5-7-16(9-12(11)2)23-19(22)15-6-8-17-18(10-15)21-14(4)13(3)20-17/h5-10H,1-4H3. The summed E-state index contributed by atoms with van der Waals surface area (Å²) >= 11 is 0. The van der Waals surface area contributed by atoms with Crippen LogP contribution in [-0.4, -0.2) is 15.9 Å². The van der Waals surface area contributed by atoms with Crippen molar-refractivity contribution in [2.24, 2.45) is 0 Å². The lowest BCUT2D eigenvalue weighted by molar-refractivity contribution is 0.0735. The highest BCUT2D eigenvalue weighted by Crippen LogP contribution is 2.19. The molecule has 0 spiro atoms. The molecular weight excluding hydrogens is 288 g/mol. The fourth-order valence-electron chi connectivity index (χ4n) is 2.30. The van der Waals surface area contributed by atoms with Crippen molar-refractivity contribution in [2.75, 3.05) is 0 Å². The first-order chi connectivity index (χ1) is 10.9. The number of carbonyl (C=O) groups excluding carboxylic acids is 1. The van der Waals surface area contributed by atoms with Gasteiger partial charge in [-0.25, -0.2) is 14.8 Å². The molecule has 0 saturated heterocycles. The fourth-order valence-corrected chi connectivity index (χ4v) is 2.30. The van der Waals surface area contributed by atoms with Crippen LogP contribution in [0.3, 0.4) is 0 Å². The van der Waals surface area contributed by atoms with E-state index < -0.39 is 5.97 Å². The highest BCUT2D eigenvalue weighted by Gasteiger charge is 2.11. The van der Waals surface area contributed by atoms with E-state index in [4.69, 9.17) is 4.74 Å². The van der Waals surface area contributed by atoms with Gasteiger partial charge in [0.05, 0.1) is 28.0 Å². The van der Waals surface area contributed by atoms with Gasteiger partial charge in [-0.2, -0.15) is 0 Å². The SMILES string of the molecule is Cc1ccc(OC(=O)c2ccc3nc(C)c(C)nc3c2)cc1C. The molecule has 0 radical (unpaired) electrons. The third-order valence-corrected chi connectivity index (χ3v) is 4.00. The summed E-state index contributed by atoms with van der Waals surface area (Å²) in [6, 6.07) is 10.8. The number of nitrogens with zero attached hydrogens (tertiary/aromatic N) is 2. The van der Waals surface area contributed by atoms with Crippen LogP contribution >= 0.6 is 0 Å². The van der Waals surface area contributed by atoms with Crippen molar-refractivity contribution in [3.05, 3.63) is 64.5 Å². The normalized spacial score (nSPS) is 10.8. The van der Waals surface area contributed by atoms with Crippen molar-refractivity contribution in [1.29, 1.82) is 0 Å². The van der Waals surface area contributed by atoms with Gasteiger partial charge in [-0.05, 0) is 69.2 Å². The Bertz CT molecular complexity index is 917. The lowest BCUT2D eigenvalue weighted by Crippen LogP contribution is -2.09. The third kappa shape index (κ3) is 3.06. The molecule has 0 aliphatic carbocycles. The summed E-state index contributed by atoms with van der Waals surface area (Å²) < 4.78 is 5.45. The molecule has 23 heavy (non-hydrogen) atoms. The van der Waals surface area contributed by atoms with Gasteiger partial charge in [0.15, 0.2) is 0 Å². The molecule has 2 aromatic carbocycles. The van der Waals surface area contributed by atoms with Gasteiger partial charge in [0.2, 0.25) is 0 Å². The molecule has 0 aliphatic heterocycles. The van der Waals surface area contributed by atoms with Crippen LogP contribution in [0.5, 0.6) is 5.75 Å². The molecule has 0 saturated carbocycles. The van der Waals surface area contributed by atoms with E-state index in [0.29, 0.717) is 16.8 Å². The first-order valence-corrected chi connectivity index (χ1v) is 7.48. The average Bonchev–Trinajstić information content (AvgIpc) is 2.51. The predicted molar refractivity (Wildman–Crippen MR) is 89.9 cm³/mol. The lowest BCUT2D eigenvalue weighted by Gasteiger charge is -2.08. The summed E-state index contributed by atoms with van der Waals surface area (Å²) in [4.78, 5) is 21.3. The number of benzene rings is 2. The van der Waals surface area contributed by atoms with Crippen LogP contribution in [0.1, 0.15) is 32.9 Å². The monoisotopic (exact) mass is 306 g/mol. The Labute approximate surface area is 135 Å². The van der Waals surface area contributed by atoms with Crippen LogP contribution in [0.2, 0.25) is 0 Å². The smallest absolute Gasteiger partial charge is 0.343 e. The molecule has 4 nitrogen and oxygen atoms in total. The van der Waals surface area contributed by atoms with Gasteiger partial charge in [0, 0.05) is 0 Å². The first kappa shape index (κ1) is 15.2. The van der Waals surface area contributed by atoms with E-state index in [0.717, 1.165) is 28.0 Å². The van der Waals surface area contributed by atoms with E-state index in [9.17, 15) is 4.79 Å². The Hall–Kier alpha value is -2.75. The van der Waals surface area contributed by atoms with Crippen LogP contribution in [0.4, 0.5) is 0 Å². The summed E-state index contributed by atoms with van der Waals surface area (Å²) in [5.41, 5.74) is 5.94. The van der Waals surface area contributed by atoms with Gasteiger partial charge >= 0.3 is 5.97 Å². The molecule has 0 atom stereocenters. The number of aromatic nitrogens is 2. The zero-order valence-electron chi connectivity index (χ0n) is 13.7. The van der Waals surface area contributed by atoms with Crippen molar-refractivity contribution in [2.45, 2.75) is 27.7 Å². The average molecular weight is 306 g/mol. The molecular formula is C19H18N2O2. The van der Waals surface area contributed by atoms with E-state index in [1.165, 1.54) is 0 Å². The zero-order chi connectivity index (χ0) is 16.6. The number of aryl methyl sites for hydroxylation is 4. The van der Waals surface area contributed by atoms with Gasteiger partial charge in [-0.1, -0.05) is 6.07 Å². The second kappa shape index (κ2) is 5.80. The summed E-state index contributed by atoms with van der Waals surface area (Å²) in [7, 11) is 0. The van der Waals surface area contributed by atoms with E-state index >= 15 is 0 Å². The maximum Gasteiger partial charge on any atom is 0.343 e. The molecule has 3 aromatic rings. The van der Waals surface area contributed by atoms with E-state index in [2.05, 4.69) is 9.97 Å². The van der Waals surface area contributed by atoms with Crippen molar-refractivity contribution < 1.29 is 9.53 Å². The topological polar surface area (TPSA) is 52.1 Å². The minimum absolute atomic E-state index is 0.393. The molecule has 1 aromatic heterocycles. The zero-order valence-corrected chi connectivity index (χ0v) is 13.7. The molecule has 1 heterocycles. The molecule has 0 fully saturated rings. The minimum Gasteiger partial charge on any atom is -0.423 e. The number of carbonyl (C=O) groups is 1. The molecule has 0 aliphatic rings. The fraction of sp³-hybridized carbons (Fsp3) is 0.211.